The highest BCUT2D eigenvalue weighted by molar-refractivity contribution is 7.47. The van der Waals surface area contributed by atoms with E-state index in [-0.39, 0.29) is 41.5 Å². The highest BCUT2D eigenvalue weighted by Crippen LogP contribution is 2.43. The van der Waals surface area contributed by atoms with Gasteiger partial charge in [-0.2, -0.15) is 0 Å². The molecule has 1 aliphatic heterocycles. The van der Waals surface area contributed by atoms with E-state index in [1.807, 2.05) is 0 Å². The summed E-state index contributed by atoms with van der Waals surface area (Å²) in [6, 6.07) is 11.3. The SMILES string of the molecule is COC1CC(OCCCCCCCC(=O)CCCCCNC(=O)c2ccc3c(c2)C(=O)c2ccccc2C3=O)OC1COP(=O)(O)OC. The number of Topliss-reactive ketones (excluding diaryl/α,β-unsaturated/α-hetero) is 1. The van der Waals surface area contributed by atoms with Crippen LogP contribution in [0.5, 0.6) is 0 Å². The molecule has 1 saturated heterocycles. The molecule has 0 aromatic heterocycles. The van der Waals surface area contributed by atoms with Gasteiger partial charge in [-0.3, -0.25) is 28.2 Å². The number of phosphoric acid groups is 1. The number of hydrogen-bond acceptors (Lipinski definition) is 10. The maximum absolute atomic E-state index is 12.9. The molecule has 2 aromatic carbocycles. The minimum absolute atomic E-state index is 0.139. The van der Waals surface area contributed by atoms with Crippen molar-refractivity contribution in [1.82, 2.24) is 5.32 Å². The third-order valence-electron chi connectivity index (χ3n) is 8.61. The first-order valence-corrected chi connectivity index (χ1v) is 18.1. The first kappa shape index (κ1) is 37.7. The van der Waals surface area contributed by atoms with Crippen molar-refractivity contribution >= 4 is 31.1 Å². The van der Waals surface area contributed by atoms with Crippen LogP contribution < -0.4 is 5.32 Å². The van der Waals surface area contributed by atoms with Gasteiger partial charge in [0.2, 0.25) is 0 Å². The van der Waals surface area contributed by atoms with Crippen molar-refractivity contribution in [2.75, 3.05) is 34.0 Å². The Bertz CT molecular complexity index is 1480. The molecule has 1 amide bonds. The van der Waals surface area contributed by atoms with Gasteiger partial charge in [0.15, 0.2) is 17.9 Å². The molecule has 2 aromatic rings. The number of ketones is 3. The van der Waals surface area contributed by atoms with E-state index in [4.69, 9.17) is 18.7 Å². The number of carbonyl (C=O) groups excluding carboxylic acids is 4. The Morgan fingerprint density at radius 1 is 0.875 bits per heavy atom. The third-order valence-corrected chi connectivity index (χ3v) is 9.55. The molecule has 0 bridgehead atoms. The van der Waals surface area contributed by atoms with Crippen LogP contribution in [0.2, 0.25) is 0 Å². The molecule has 1 aliphatic carbocycles. The Morgan fingerprint density at radius 2 is 1.50 bits per heavy atom. The van der Waals surface area contributed by atoms with Crippen LogP contribution >= 0.6 is 7.82 Å². The number of unbranched alkanes of at least 4 members (excludes halogenated alkanes) is 6. The summed E-state index contributed by atoms with van der Waals surface area (Å²) >= 11 is 0. The Labute approximate surface area is 281 Å². The summed E-state index contributed by atoms with van der Waals surface area (Å²) in [7, 11) is -1.45. The summed E-state index contributed by atoms with van der Waals surface area (Å²) in [6.07, 6.45) is 7.29. The van der Waals surface area contributed by atoms with E-state index in [0.717, 1.165) is 58.5 Å². The fraction of sp³-hybridized carbons (Fsp3) is 0.543. The highest BCUT2D eigenvalue weighted by Gasteiger charge is 2.38. The zero-order valence-corrected chi connectivity index (χ0v) is 28.5. The van der Waals surface area contributed by atoms with Crippen molar-refractivity contribution in [2.45, 2.75) is 89.1 Å². The number of carbonyl (C=O) groups is 4. The number of hydrogen-bond donors (Lipinski definition) is 2. The first-order chi connectivity index (χ1) is 23.1. The molecular weight excluding hydrogens is 641 g/mol. The lowest BCUT2D eigenvalue weighted by atomic mass is 9.83. The fourth-order valence-electron chi connectivity index (χ4n) is 5.86. The van der Waals surface area contributed by atoms with Crippen LogP contribution in [-0.4, -0.2) is 80.6 Å². The molecule has 2 N–H and O–H groups in total. The topological polar surface area (TPSA) is 164 Å². The van der Waals surface area contributed by atoms with Crippen LogP contribution in [0.25, 0.3) is 0 Å². The molecule has 0 saturated carbocycles. The van der Waals surface area contributed by atoms with Crippen LogP contribution in [0.15, 0.2) is 42.5 Å². The molecule has 262 valence electrons. The van der Waals surface area contributed by atoms with Gasteiger partial charge in [0, 0.05) is 74.5 Å². The minimum atomic E-state index is -4.09. The van der Waals surface area contributed by atoms with E-state index < -0.39 is 20.2 Å². The third kappa shape index (κ3) is 10.7. The van der Waals surface area contributed by atoms with E-state index in [2.05, 4.69) is 9.84 Å². The molecule has 12 nitrogen and oxygen atoms in total. The molecule has 1 heterocycles. The second-order valence-electron chi connectivity index (χ2n) is 12.0. The summed E-state index contributed by atoms with van der Waals surface area (Å²) in [5, 5.41) is 2.87. The van der Waals surface area contributed by atoms with Crippen molar-refractivity contribution in [1.29, 1.82) is 0 Å². The van der Waals surface area contributed by atoms with Gasteiger partial charge in [-0.05, 0) is 43.9 Å². The molecular formula is C35H46NO11P. The first-order valence-electron chi connectivity index (χ1n) is 16.6. The fourth-order valence-corrected chi connectivity index (χ4v) is 6.31. The summed E-state index contributed by atoms with van der Waals surface area (Å²) in [6.45, 7) is 0.841. The van der Waals surface area contributed by atoms with Crippen molar-refractivity contribution < 1.29 is 51.9 Å². The van der Waals surface area contributed by atoms with Gasteiger partial charge in [-0.25, -0.2) is 4.57 Å². The number of benzene rings is 2. The standard InChI is InChI=1S/C35H46NO11P/c1-43-30-22-32(47-31(30)23-46-48(41,42)44-2)45-20-12-5-3-4-7-13-25(37)14-8-6-11-19-36-35(40)24-17-18-28-29(21-24)34(39)27-16-10-9-15-26(27)33(28)38/h9-10,15-18,21,30-32H,3-8,11-14,19-20,22-23H2,1-2H3,(H,36,40)(H,41,42). The predicted molar refractivity (Wildman–Crippen MR) is 176 cm³/mol. The second-order valence-corrected chi connectivity index (χ2v) is 13.6. The summed E-state index contributed by atoms with van der Waals surface area (Å²) < 4.78 is 37.8. The number of methoxy groups -OCH3 is 1. The second kappa shape index (κ2) is 18.6. The predicted octanol–water partition coefficient (Wildman–Crippen LogP) is 5.57. The van der Waals surface area contributed by atoms with E-state index in [1.54, 1.807) is 43.5 Å². The van der Waals surface area contributed by atoms with Gasteiger partial charge in [-0.1, -0.05) is 49.9 Å². The summed E-state index contributed by atoms with van der Waals surface area (Å²) in [4.78, 5) is 60.1. The minimum Gasteiger partial charge on any atom is -0.378 e. The molecule has 4 atom stereocenters. The largest absolute Gasteiger partial charge is 0.472 e. The molecule has 4 unspecified atom stereocenters. The quantitative estimate of drug-likeness (QED) is 0.106. The molecule has 0 radical (unpaired) electrons. The average Bonchev–Trinajstić information content (AvgIpc) is 3.50. The lowest BCUT2D eigenvalue weighted by Gasteiger charge is -2.18. The van der Waals surface area contributed by atoms with Crippen LogP contribution in [0, 0.1) is 0 Å². The zero-order chi connectivity index (χ0) is 34.5. The van der Waals surface area contributed by atoms with Gasteiger partial charge in [-0.15, -0.1) is 0 Å². The van der Waals surface area contributed by atoms with E-state index in [1.165, 1.54) is 6.07 Å². The number of nitrogens with one attached hydrogen (secondary N) is 1. The lowest BCUT2D eigenvalue weighted by Crippen LogP contribution is -2.28. The highest BCUT2D eigenvalue weighted by atomic mass is 31.2. The zero-order valence-electron chi connectivity index (χ0n) is 27.6. The molecule has 4 rings (SSSR count). The summed E-state index contributed by atoms with van der Waals surface area (Å²) in [5.41, 5.74) is 1.63. The average molecular weight is 688 g/mol. The Balaban J connectivity index is 0.995. The van der Waals surface area contributed by atoms with Crippen LogP contribution in [0.4, 0.5) is 0 Å². The molecule has 1 fully saturated rings. The Hall–Kier alpha value is -3.09. The number of amides is 1. The van der Waals surface area contributed by atoms with E-state index in [0.29, 0.717) is 54.7 Å². The number of phosphoric ester groups is 1. The number of fused-ring (bicyclic) bond motifs is 2. The monoisotopic (exact) mass is 687 g/mol. The smallest absolute Gasteiger partial charge is 0.378 e. The van der Waals surface area contributed by atoms with Crippen molar-refractivity contribution in [3.63, 3.8) is 0 Å². The summed E-state index contributed by atoms with van der Waals surface area (Å²) in [5.74, 6) is -0.519. The van der Waals surface area contributed by atoms with E-state index >= 15 is 0 Å². The maximum atomic E-state index is 12.9. The maximum Gasteiger partial charge on any atom is 0.472 e. The normalized spacial score (nSPS) is 19.9. The van der Waals surface area contributed by atoms with Gasteiger partial charge >= 0.3 is 7.82 Å². The lowest BCUT2D eigenvalue weighted by molar-refractivity contribution is -0.143. The molecule has 48 heavy (non-hydrogen) atoms. The van der Waals surface area contributed by atoms with Gasteiger partial charge < -0.3 is 24.4 Å². The van der Waals surface area contributed by atoms with Crippen LogP contribution in [0.1, 0.15) is 113 Å². The van der Waals surface area contributed by atoms with Gasteiger partial charge in [0.25, 0.3) is 5.91 Å². The van der Waals surface area contributed by atoms with Gasteiger partial charge in [0.1, 0.15) is 11.9 Å². The van der Waals surface area contributed by atoms with Crippen molar-refractivity contribution in [3.05, 3.63) is 70.3 Å². The number of ether oxygens (including phenoxy) is 3. The Morgan fingerprint density at radius 3 is 2.19 bits per heavy atom. The van der Waals surface area contributed by atoms with Crippen LogP contribution in [0.3, 0.4) is 0 Å². The number of rotatable bonds is 21. The van der Waals surface area contributed by atoms with Crippen LogP contribution in [-0.2, 0) is 32.6 Å². The van der Waals surface area contributed by atoms with E-state index in [9.17, 15) is 28.6 Å². The molecule has 0 spiro atoms. The van der Waals surface area contributed by atoms with Crippen molar-refractivity contribution in [3.8, 4) is 0 Å². The van der Waals surface area contributed by atoms with Crippen molar-refractivity contribution in [2.24, 2.45) is 0 Å². The molecule has 13 heteroatoms. The Kier molecular flexibility index (Phi) is 14.6. The molecule has 2 aliphatic rings. The van der Waals surface area contributed by atoms with Gasteiger partial charge in [0.05, 0.1) is 12.7 Å².